The second kappa shape index (κ2) is 7.33. The van der Waals surface area contributed by atoms with Gasteiger partial charge < -0.3 is 19.9 Å². The van der Waals surface area contributed by atoms with Gasteiger partial charge in [0.2, 0.25) is 5.91 Å². The van der Waals surface area contributed by atoms with Crippen LogP contribution in [0, 0.1) is 0 Å². The van der Waals surface area contributed by atoms with Crippen LogP contribution in [0.4, 0.5) is 14.5 Å². The van der Waals surface area contributed by atoms with Crippen molar-refractivity contribution in [2.75, 3.05) is 11.4 Å². The van der Waals surface area contributed by atoms with E-state index in [0.29, 0.717) is 24.3 Å². The van der Waals surface area contributed by atoms with Crippen molar-refractivity contribution < 1.29 is 23.1 Å². The molecular weight excluding hydrogens is 332 g/mol. The van der Waals surface area contributed by atoms with Gasteiger partial charge in [-0.1, -0.05) is 0 Å². The molecule has 0 radical (unpaired) electrons. The van der Waals surface area contributed by atoms with Crippen molar-refractivity contribution in [3.05, 3.63) is 48.3 Å². The number of halogens is 2. The Bertz CT molecular complexity index is 732. The van der Waals surface area contributed by atoms with Crippen molar-refractivity contribution in [2.24, 2.45) is 0 Å². The number of rotatable bonds is 5. The number of aromatic amines is 1. The fourth-order valence-electron chi connectivity index (χ4n) is 2.78. The van der Waals surface area contributed by atoms with E-state index < -0.39 is 12.7 Å². The van der Waals surface area contributed by atoms with Gasteiger partial charge in [0.05, 0.1) is 0 Å². The minimum Gasteiger partial charge on any atom is -0.435 e. The van der Waals surface area contributed by atoms with Gasteiger partial charge in [0.1, 0.15) is 17.5 Å². The maximum absolute atomic E-state index is 12.6. The lowest BCUT2D eigenvalue weighted by molar-refractivity contribution is -0.121. The summed E-state index contributed by atoms with van der Waals surface area (Å²) in [5, 5.41) is 2.72. The van der Waals surface area contributed by atoms with Gasteiger partial charge in [-0.2, -0.15) is 8.78 Å². The first kappa shape index (κ1) is 16.9. The molecule has 6 nitrogen and oxygen atoms in total. The summed E-state index contributed by atoms with van der Waals surface area (Å²) in [5.41, 5.74) is 0.962. The zero-order chi connectivity index (χ0) is 17.8. The number of carbonyl (C=O) groups is 2. The van der Waals surface area contributed by atoms with Gasteiger partial charge in [-0.25, -0.2) is 0 Å². The van der Waals surface area contributed by atoms with E-state index in [1.807, 2.05) is 0 Å². The summed E-state index contributed by atoms with van der Waals surface area (Å²) in [6.45, 7) is -2.39. The number of aromatic nitrogens is 1. The summed E-state index contributed by atoms with van der Waals surface area (Å²) >= 11 is 0. The van der Waals surface area contributed by atoms with Crippen LogP contribution in [-0.2, 0) is 4.79 Å². The third kappa shape index (κ3) is 3.96. The molecule has 25 heavy (non-hydrogen) atoms. The van der Waals surface area contributed by atoms with Crippen LogP contribution >= 0.6 is 0 Å². The van der Waals surface area contributed by atoms with Gasteiger partial charge >= 0.3 is 6.61 Å². The van der Waals surface area contributed by atoms with Crippen LogP contribution in [0.1, 0.15) is 23.3 Å². The Kier molecular flexibility index (Phi) is 4.97. The predicted octanol–water partition coefficient (Wildman–Crippen LogP) is 2.54. The topological polar surface area (TPSA) is 74.4 Å². The molecule has 3 rings (SSSR count). The maximum atomic E-state index is 12.6. The standard InChI is InChI=1S/C17H17F2N3O3/c18-17(19)25-12-7-5-11(6-8-12)22-10-2-4-14(16(22)24)21-15(23)13-3-1-9-20-13/h1,3,5-9,14,17,20H,2,4,10H2,(H,21,23)/t14-/m1/s1. The van der Waals surface area contributed by atoms with E-state index in [1.54, 1.807) is 30.5 Å². The minimum absolute atomic E-state index is 0.0276. The molecule has 0 unspecified atom stereocenters. The number of anilines is 1. The van der Waals surface area contributed by atoms with Crippen molar-refractivity contribution in [2.45, 2.75) is 25.5 Å². The second-order valence-electron chi connectivity index (χ2n) is 5.61. The third-order valence-electron chi connectivity index (χ3n) is 3.96. The summed E-state index contributed by atoms with van der Waals surface area (Å²) in [4.78, 5) is 29.1. The molecule has 1 aliphatic rings. The van der Waals surface area contributed by atoms with E-state index in [4.69, 9.17) is 0 Å². The monoisotopic (exact) mass is 349 g/mol. The number of nitrogens with one attached hydrogen (secondary N) is 2. The van der Waals surface area contributed by atoms with Crippen molar-refractivity contribution in [1.29, 1.82) is 0 Å². The molecule has 1 aromatic heterocycles. The minimum atomic E-state index is -2.89. The average Bonchev–Trinajstić information content (AvgIpc) is 3.12. The first-order valence-corrected chi connectivity index (χ1v) is 7.85. The number of H-pyrrole nitrogens is 1. The number of nitrogens with zero attached hydrogens (tertiary/aromatic N) is 1. The molecule has 2 amide bonds. The molecule has 0 spiro atoms. The summed E-state index contributed by atoms with van der Waals surface area (Å²) in [5.74, 6) is -0.542. The fraction of sp³-hybridized carbons (Fsp3) is 0.294. The van der Waals surface area contributed by atoms with Gasteiger partial charge in [-0.3, -0.25) is 9.59 Å². The molecule has 1 aliphatic heterocycles. The average molecular weight is 349 g/mol. The molecule has 1 aromatic carbocycles. The zero-order valence-electron chi connectivity index (χ0n) is 13.2. The number of benzene rings is 1. The SMILES string of the molecule is O=C(N[C@@H]1CCCN(c2ccc(OC(F)F)cc2)C1=O)c1ccc[nH]1. The highest BCUT2D eigenvalue weighted by molar-refractivity contribution is 6.02. The van der Waals surface area contributed by atoms with Gasteiger partial charge in [-0.15, -0.1) is 0 Å². The predicted molar refractivity (Wildman–Crippen MR) is 86.7 cm³/mol. The largest absolute Gasteiger partial charge is 0.435 e. The first-order valence-electron chi connectivity index (χ1n) is 7.85. The molecule has 1 saturated heterocycles. The molecule has 0 saturated carbocycles. The van der Waals surface area contributed by atoms with Crippen molar-refractivity contribution in [3.63, 3.8) is 0 Å². The van der Waals surface area contributed by atoms with Crippen molar-refractivity contribution in [3.8, 4) is 5.75 Å². The Morgan fingerprint density at radius 3 is 2.68 bits per heavy atom. The lowest BCUT2D eigenvalue weighted by atomic mass is 10.0. The number of alkyl halides is 2. The molecule has 8 heteroatoms. The first-order chi connectivity index (χ1) is 12.0. The molecule has 132 valence electrons. The van der Waals surface area contributed by atoms with Crippen LogP contribution in [0.5, 0.6) is 5.75 Å². The Morgan fingerprint density at radius 1 is 1.28 bits per heavy atom. The quantitative estimate of drug-likeness (QED) is 0.871. The molecule has 2 aromatic rings. The van der Waals surface area contributed by atoms with E-state index in [2.05, 4.69) is 15.0 Å². The van der Waals surface area contributed by atoms with E-state index in [0.717, 1.165) is 6.42 Å². The Morgan fingerprint density at radius 2 is 2.04 bits per heavy atom. The van der Waals surface area contributed by atoms with E-state index >= 15 is 0 Å². The molecule has 0 bridgehead atoms. The van der Waals surface area contributed by atoms with Crippen LogP contribution in [0.25, 0.3) is 0 Å². The van der Waals surface area contributed by atoms with Crippen molar-refractivity contribution in [1.82, 2.24) is 10.3 Å². The maximum Gasteiger partial charge on any atom is 0.387 e. The lowest BCUT2D eigenvalue weighted by Gasteiger charge is -2.32. The summed E-state index contributed by atoms with van der Waals surface area (Å²) < 4.78 is 28.7. The third-order valence-corrected chi connectivity index (χ3v) is 3.96. The van der Waals surface area contributed by atoms with Crippen LogP contribution < -0.4 is 15.0 Å². The lowest BCUT2D eigenvalue weighted by Crippen LogP contribution is -2.52. The summed E-state index contributed by atoms with van der Waals surface area (Å²) in [7, 11) is 0. The molecule has 0 aliphatic carbocycles. The van der Waals surface area contributed by atoms with Crippen LogP contribution in [-0.4, -0.2) is 36.0 Å². The normalized spacial score (nSPS) is 17.6. The summed E-state index contributed by atoms with van der Waals surface area (Å²) in [6, 6.07) is 8.57. The fourth-order valence-corrected chi connectivity index (χ4v) is 2.78. The van der Waals surface area contributed by atoms with Gasteiger partial charge in [0.25, 0.3) is 5.91 Å². The van der Waals surface area contributed by atoms with Crippen LogP contribution in [0.15, 0.2) is 42.6 Å². The smallest absolute Gasteiger partial charge is 0.387 e. The number of piperidine rings is 1. The highest BCUT2D eigenvalue weighted by atomic mass is 19.3. The molecule has 1 fully saturated rings. The highest BCUT2D eigenvalue weighted by Gasteiger charge is 2.31. The number of amides is 2. The number of hydrogen-bond acceptors (Lipinski definition) is 3. The molecule has 2 heterocycles. The second-order valence-corrected chi connectivity index (χ2v) is 5.61. The Balaban J connectivity index is 1.68. The number of hydrogen-bond donors (Lipinski definition) is 2. The zero-order valence-corrected chi connectivity index (χ0v) is 13.2. The highest BCUT2D eigenvalue weighted by Crippen LogP contribution is 2.24. The molecular formula is C17H17F2N3O3. The number of ether oxygens (including phenoxy) is 1. The van der Waals surface area contributed by atoms with Gasteiger partial charge in [0, 0.05) is 18.4 Å². The number of carbonyl (C=O) groups excluding carboxylic acids is 2. The Labute approximate surface area is 142 Å². The van der Waals surface area contributed by atoms with Gasteiger partial charge in [-0.05, 0) is 49.2 Å². The van der Waals surface area contributed by atoms with E-state index in [9.17, 15) is 18.4 Å². The van der Waals surface area contributed by atoms with Crippen LogP contribution in [0.3, 0.4) is 0 Å². The van der Waals surface area contributed by atoms with Gasteiger partial charge in [0.15, 0.2) is 0 Å². The molecule has 1 atom stereocenters. The Hall–Kier alpha value is -2.90. The van der Waals surface area contributed by atoms with E-state index in [-0.39, 0.29) is 17.6 Å². The molecule has 2 N–H and O–H groups in total. The summed E-state index contributed by atoms with van der Waals surface area (Å²) in [6.07, 6.45) is 2.90. The van der Waals surface area contributed by atoms with Crippen molar-refractivity contribution >= 4 is 17.5 Å². The van der Waals surface area contributed by atoms with Crippen LogP contribution in [0.2, 0.25) is 0 Å². The van der Waals surface area contributed by atoms with E-state index in [1.165, 1.54) is 17.0 Å².